The second-order valence-electron chi connectivity index (χ2n) is 4.66. The Labute approximate surface area is 99.6 Å². The van der Waals surface area contributed by atoms with Gasteiger partial charge in [-0.25, -0.2) is 0 Å². The Morgan fingerprint density at radius 1 is 1.41 bits per heavy atom. The Morgan fingerprint density at radius 2 is 2.12 bits per heavy atom. The third-order valence-corrected chi connectivity index (χ3v) is 3.11. The second kappa shape index (κ2) is 4.20. The molecule has 1 aromatic rings. The second-order valence-corrected chi connectivity index (χ2v) is 4.66. The van der Waals surface area contributed by atoms with Crippen LogP contribution in [0.4, 0.5) is 0 Å². The van der Waals surface area contributed by atoms with E-state index in [0.717, 1.165) is 5.56 Å². The smallest absolute Gasteiger partial charge is 0.311 e. The fourth-order valence-corrected chi connectivity index (χ4v) is 2.24. The van der Waals surface area contributed by atoms with E-state index >= 15 is 0 Å². The molecule has 4 nitrogen and oxygen atoms in total. The summed E-state index contributed by atoms with van der Waals surface area (Å²) < 4.78 is 0. The molecule has 2 N–H and O–H groups in total. The normalized spacial score (nSPS) is 15.6. The van der Waals surface area contributed by atoms with Gasteiger partial charge in [-0.2, -0.15) is 0 Å². The topological polar surface area (TPSA) is 66.4 Å². The quantitative estimate of drug-likeness (QED) is 0.835. The first kappa shape index (κ1) is 11.6. The Kier molecular flexibility index (Phi) is 2.88. The maximum absolute atomic E-state index is 11.5. The molecular formula is C13H15NO3. The van der Waals surface area contributed by atoms with Gasteiger partial charge in [0.1, 0.15) is 0 Å². The Balaban J connectivity index is 2.43. The van der Waals surface area contributed by atoms with Gasteiger partial charge in [0, 0.05) is 12.1 Å². The molecule has 17 heavy (non-hydrogen) atoms. The Bertz CT molecular complexity index is 480. The van der Waals surface area contributed by atoms with Crippen molar-refractivity contribution < 1.29 is 14.7 Å². The number of aliphatic carboxylic acids is 1. The van der Waals surface area contributed by atoms with Crippen molar-refractivity contribution >= 4 is 11.9 Å². The van der Waals surface area contributed by atoms with Gasteiger partial charge in [0.2, 0.25) is 0 Å². The van der Waals surface area contributed by atoms with E-state index in [2.05, 4.69) is 5.32 Å². The Morgan fingerprint density at radius 3 is 2.71 bits per heavy atom. The average molecular weight is 233 g/mol. The van der Waals surface area contributed by atoms with Crippen LogP contribution in [0.25, 0.3) is 0 Å². The zero-order valence-corrected chi connectivity index (χ0v) is 9.86. The molecule has 1 aliphatic rings. The number of hydrogen-bond acceptors (Lipinski definition) is 2. The predicted octanol–water partition coefficient (Wildman–Crippen LogP) is 1.75. The number of carboxylic acid groups (broad SMARTS) is 1. The summed E-state index contributed by atoms with van der Waals surface area (Å²) in [5.41, 5.74) is 2.24. The molecule has 0 fully saturated rings. The number of carboxylic acids is 1. The van der Waals surface area contributed by atoms with Crippen molar-refractivity contribution in [1.29, 1.82) is 0 Å². The van der Waals surface area contributed by atoms with Crippen molar-refractivity contribution in [3.63, 3.8) is 0 Å². The number of rotatable bonds is 3. The maximum Gasteiger partial charge on any atom is 0.311 e. The number of fused-ring (bicyclic) bond motifs is 1. The van der Waals surface area contributed by atoms with Crippen LogP contribution in [0.2, 0.25) is 0 Å². The molecule has 4 heteroatoms. The highest BCUT2D eigenvalue weighted by Crippen LogP contribution is 2.28. The van der Waals surface area contributed by atoms with Crippen LogP contribution in [-0.2, 0) is 11.3 Å². The van der Waals surface area contributed by atoms with Gasteiger partial charge in [0.05, 0.1) is 5.92 Å². The van der Waals surface area contributed by atoms with Crippen molar-refractivity contribution in [2.75, 3.05) is 0 Å². The van der Waals surface area contributed by atoms with Gasteiger partial charge in [-0.1, -0.05) is 26.0 Å². The number of carbonyl (C=O) groups excluding carboxylic acids is 1. The van der Waals surface area contributed by atoms with Crippen molar-refractivity contribution in [2.24, 2.45) is 5.92 Å². The summed E-state index contributed by atoms with van der Waals surface area (Å²) in [6.07, 6.45) is 0. The lowest BCUT2D eigenvalue weighted by Crippen LogP contribution is -2.18. The third-order valence-electron chi connectivity index (χ3n) is 3.11. The van der Waals surface area contributed by atoms with Gasteiger partial charge >= 0.3 is 5.97 Å². The first-order valence-corrected chi connectivity index (χ1v) is 5.64. The van der Waals surface area contributed by atoms with Gasteiger partial charge in [-0.15, -0.1) is 0 Å². The van der Waals surface area contributed by atoms with Crippen LogP contribution in [0.3, 0.4) is 0 Å². The summed E-state index contributed by atoms with van der Waals surface area (Å²) in [5, 5.41) is 11.9. The highest BCUT2D eigenvalue weighted by atomic mass is 16.4. The minimum atomic E-state index is -0.849. The minimum absolute atomic E-state index is 0.00462. The molecule has 0 aliphatic carbocycles. The van der Waals surface area contributed by atoms with E-state index in [1.807, 2.05) is 19.9 Å². The van der Waals surface area contributed by atoms with Crippen LogP contribution in [0, 0.1) is 5.92 Å². The van der Waals surface area contributed by atoms with Crippen molar-refractivity contribution in [1.82, 2.24) is 5.32 Å². The number of amides is 1. The highest BCUT2D eigenvalue weighted by molar-refractivity contribution is 5.98. The summed E-state index contributed by atoms with van der Waals surface area (Å²) >= 11 is 0. The highest BCUT2D eigenvalue weighted by Gasteiger charge is 2.26. The maximum atomic E-state index is 11.5. The molecule has 0 aromatic heterocycles. The number of carbonyl (C=O) groups is 2. The summed E-state index contributed by atoms with van der Waals surface area (Å²) in [5.74, 6) is -1.53. The van der Waals surface area contributed by atoms with E-state index in [-0.39, 0.29) is 11.8 Å². The van der Waals surface area contributed by atoms with Gasteiger partial charge in [0.15, 0.2) is 0 Å². The van der Waals surface area contributed by atoms with Crippen LogP contribution in [0.5, 0.6) is 0 Å². The molecule has 2 rings (SSSR count). The molecule has 1 aliphatic heterocycles. The molecule has 1 aromatic carbocycles. The summed E-state index contributed by atoms with van der Waals surface area (Å²) in [6.45, 7) is 4.27. The zero-order chi connectivity index (χ0) is 12.6. The molecular weight excluding hydrogens is 218 g/mol. The van der Waals surface area contributed by atoms with Crippen LogP contribution in [0.1, 0.15) is 41.3 Å². The molecule has 0 bridgehead atoms. The summed E-state index contributed by atoms with van der Waals surface area (Å²) in [4.78, 5) is 22.7. The molecule has 1 atom stereocenters. The number of hydrogen-bond donors (Lipinski definition) is 2. The van der Waals surface area contributed by atoms with Gasteiger partial charge in [-0.3, -0.25) is 9.59 Å². The monoisotopic (exact) mass is 233 g/mol. The number of nitrogens with one attached hydrogen (secondary N) is 1. The lowest BCUT2D eigenvalue weighted by Gasteiger charge is -2.17. The fraction of sp³-hybridized carbons (Fsp3) is 0.385. The molecule has 0 spiro atoms. The fourth-order valence-electron chi connectivity index (χ4n) is 2.24. The molecule has 0 radical (unpaired) electrons. The molecule has 1 heterocycles. The van der Waals surface area contributed by atoms with E-state index in [1.165, 1.54) is 0 Å². The average Bonchev–Trinajstić information content (AvgIpc) is 2.59. The first-order valence-electron chi connectivity index (χ1n) is 5.64. The summed E-state index contributed by atoms with van der Waals surface area (Å²) in [7, 11) is 0. The Hall–Kier alpha value is -1.84. The standard InChI is InChI=1S/C13H15NO3/c1-7(2)11(13(16)17)8-3-4-9-6-14-12(15)10(9)5-8/h3-5,7,11H,6H2,1-2H3,(H,14,15)(H,16,17). The van der Waals surface area contributed by atoms with E-state index in [9.17, 15) is 14.7 Å². The lowest BCUT2D eigenvalue weighted by atomic mass is 9.87. The van der Waals surface area contributed by atoms with Crippen molar-refractivity contribution in [3.8, 4) is 0 Å². The van der Waals surface area contributed by atoms with E-state index in [4.69, 9.17) is 0 Å². The largest absolute Gasteiger partial charge is 0.481 e. The van der Waals surface area contributed by atoms with Gasteiger partial charge < -0.3 is 10.4 Å². The first-order chi connectivity index (χ1) is 8.00. The van der Waals surface area contributed by atoms with Crippen LogP contribution in [0.15, 0.2) is 18.2 Å². The minimum Gasteiger partial charge on any atom is -0.481 e. The molecule has 1 amide bonds. The molecule has 0 saturated heterocycles. The van der Waals surface area contributed by atoms with Crippen molar-refractivity contribution in [3.05, 3.63) is 34.9 Å². The van der Waals surface area contributed by atoms with Crippen molar-refractivity contribution in [2.45, 2.75) is 26.3 Å². The van der Waals surface area contributed by atoms with Crippen LogP contribution in [-0.4, -0.2) is 17.0 Å². The lowest BCUT2D eigenvalue weighted by molar-refractivity contribution is -0.139. The van der Waals surface area contributed by atoms with Gasteiger partial charge in [0.25, 0.3) is 5.91 Å². The van der Waals surface area contributed by atoms with E-state index < -0.39 is 11.9 Å². The predicted molar refractivity (Wildman–Crippen MR) is 62.8 cm³/mol. The van der Waals surface area contributed by atoms with Gasteiger partial charge in [-0.05, 0) is 23.1 Å². The van der Waals surface area contributed by atoms with Crippen LogP contribution >= 0.6 is 0 Å². The molecule has 1 unspecified atom stereocenters. The zero-order valence-electron chi connectivity index (χ0n) is 9.86. The molecule has 90 valence electrons. The SMILES string of the molecule is CC(C)C(C(=O)O)c1ccc2c(c1)C(=O)NC2. The van der Waals surface area contributed by atoms with E-state index in [1.54, 1.807) is 12.1 Å². The summed E-state index contributed by atoms with van der Waals surface area (Å²) in [6, 6.07) is 5.34. The molecule has 0 saturated carbocycles. The third kappa shape index (κ3) is 2.02. The van der Waals surface area contributed by atoms with Crippen LogP contribution < -0.4 is 5.32 Å². The number of benzene rings is 1. The van der Waals surface area contributed by atoms with E-state index in [0.29, 0.717) is 17.7 Å².